The molecule has 8 nitrogen and oxygen atoms in total. The van der Waals surface area contributed by atoms with Gasteiger partial charge in [0, 0.05) is 9.79 Å². The lowest BCUT2D eigenvalue weighted by Gasteiger charge is -2.10. The number of carbonyl (C=O) groups is 4. The zero-order valence-electron chi connectivity index (χ0n) is 12.7. The molecule has 0 saturated heterocycles. The van der Waals surface area contributed by atoms with Crippen LogP contribution < -0.4 is 0 Å². The maximum Gasteiger partial charge on any atom is 0.337 e. The predicted octanol–water partition coefficient (Wildman–Crippen LogP) is 3.28. The minimum Gasteiger partial charge on any atom is -0.478 e. The van der Waals surface area contributed by atoms with Gasteiger partial charge >= 0.3 is 23.9 Å². The number of hydrogen-bond donors (Lipinski definition) is 4. The second-order valence-corrected chi connectivity index (χ2v) is 6.96. The molecular weight excluding hydrogens is 384 g/mol. The van der Waals surface area contributed by atoms with Crippen molar-refractivity contribution in [1.82, 2.24) is 0 Å². The van der Waals surface area contributed by atoms with Gasteiger partial charge in [-0.05, 0) is 24.3 Å². The van der Waals surface area contributed by atoms with Gasteiger partial charge in [0.25, 0.3) is 0 Å². The van der Waals surface area contributed by atoms with Crippen LogP contribution in [0.1, 0.15) is 41.4 Å². The molecule has 0 aliphatic heterocycles. The number of rotatable bonds is 7. The van der Waals surface area contributed by atoms with Crippen LogP contribution in [0, 0.1) is 0 Å². The summed E-state index contributed by atoms with van der Waals surface area (Å²) in [5, 5.41) is 36.8. The minimum atomic E-state index is -1.44. The molecule has 0 aliphatic rings. The molecule has 0 fully saturated rings. The van der Waals surface area contributed by atoms with E-state index in [9.17, 15) is 29.4 Å². The fraction of sp³-hybridized carbons (Fsp3) is 0. The summed E-state index contributed by atoms with van der Waals surface area (Å²) in [6, 6.07) is 7.79. The van der Waals surface area contributed by atoms with Crippen LogP contribution in [0.25, 0.3) is 0 Å². The van der Waals surface area contributed by atoms with Crippen molar-refractivity contribution in [1.29, 1.82) is 0 Å². The maximum absolute atomic E-state index is 11.4. The van der Waals surface area contributed by atoms with Crippen LogP contribution in [0.5, 0.6) is 0 Å². The third-order valence-corrected chi connectivity index (χ3v) is 5.61. The van der Waals surface area contributed by atoms with E-state index >= 15 is 0 Å². The van der Waals surface area contributed by atoms with E-state index in [1.165, 1.54) is 24.3 Å². The van der Waals surface area contributed by atoms with Gasteiger partial charge in [-0.1, -0.05) is 33.7 Å². The molecule has 0 saturated carbocycles. The van der Waals surface area contributed by atoms with Crippen molar-refractivity contribution in [2.24, 2.45) is 0 Å². The fourth-order valence-electron chi connectivity index (χ4n) is 2.09. The highest BCUT2D eigenvalue weighted by Crippen LogP contribution is 2.42. The number of hydrogen-bond acceptors (Lipinski definition) is 6. The molecule has 0 atom stereocenters. The Kier molecular flexibility index (Phi) is 5.90. The predicted molar refractivity (Wildman–Crippen MR) is 92.4 cm³/mol. The third kappa shape index (κ3) is 3.98. The first-order valence-electron chi connectivity index (χ1n) is 6.77. The highest BCUT2D eigenvalue weighted by Gasteiger charge is 2.23. The minimum absolute atomic E-state index is 0.0967. The van der Waals surface area contributed by atoms with E-state index in [1.807, 2.05) is 0 Å². The van der Waals surface area contributed by atoms with Crippen LogP contribution in [-0.4, -0.2) is 44.3 Å². The molecule has 134 valence electrons. The zero-order valence-corrected chi connectivity index (χ0v) is 14.3. The van der Waals surface area contributed by atoms with Crippen molar-refractivity contribution in [2.75, 3.05) is 0 Å². The standard InChI is InChI=1S/C16H10O8S2/c17-13(18)7-3-1-5-9(11(7)15(21)22)25-26-10-6-2-4-8(14(19)20)12(10)16(23)24/h1-6H,(H,17,18)(H,19,20)(H,21,22)(H,23,24). The van der Waals surface area contributed by atoms with Crippen molar-refractivity contribution < 1.29 is 39.6 Å². The lowest BCUT2D eigenvalue weighted by molar-refractivity contribution is 0.0648. The Morgan fingerprint density at radius 3 is 1.19 bits per heavy atom. The van der Waals surface area contributed by atoms with E-state index in [-0.39, 0.29) is 9.79 Å². The molecular formula is C16H10O8S2. The summed E-state index contributed by atoms with van der Waals surface area (Å²) in [4.78, 5) is 45.4. The van der Waals surface area contributed by atoms with Crippen molar-refractivity contribution >= 4 is 45.5 Å². The van der Waals surface area contributed by atoms with Crippen molar-refractivity contribution in [3.63, 3.8) is 0 Å². The summed E-state index contributed by atoms with van der Waals surface area (Å²) in [6.07, 6.45) is 0. The van der Waals surface area contributed by atoms with Crippen molar-refractivity contribution in [2.45, 2.75) is 9.79 Å². The quantitative estimate of drug-likeness (QED) is 0.515. The zero-order chi connectivity index (χ0) is 19.4. The van der Waals surface area contributed by atoms with Crippen LogP contribution in [0.15, 0.2) is 46.2 Å². The van der Waals surface area contributed by atoms with Gasteiger partial charge in [0.05, 0.1) is 22.3 Å². The highest BCUT2D eigenvalue weighted by atomic mass is 33.1. The molecule has 0 spiro atoms. The number of benzene rings is 2. The molecule has 0 bridgehead atoms. The highest BCUT2D eigenvalue weighted by molar-refractivity contribution is 8.76. The molecule has 4 N–H and O–H groups in total. The average molecular weight is 394 g/mol. The van der Waals surface area contributed by atoms with Crippen LogP contribution >= 0.6 is 21.6 Å². The molecule has 10 heteroatoms. The van der Waals surface area contributed by atoms with Crippen LogP contribution in [-0.2, 0) is 0 Å². The molecule has 0 aromatic heterocycles. The summed E-state index contributed by atoms with van der Waals surface area (Å²) in [5.41, 5.74) is -1.66. The molecule has 0 radical (unpaired) electrons. The monoisotopic (exact) mass is 394 g/mol. The molecule has 2 rings (SSSR count). The van der Waals surface area contributed by atoms with Crippen molar-refractivity contribution in [3.05, 3.63) is 58.7 Å². The summed E-state index contributed by atoms with van der Waals surface area (Å²) >= 11 is 0. The number of carboxylic acids is 4. The van der Waals surface area contributed by atoms with E-state index in [1.54, 1.807) is 0 Å². The lowest BCUT2D eigenvalue weighted by atomic mass is 10.1. The van der Waals surface area contributed by atoms with Crippen molar-refractivity contribution in [3.8, 4) is 0 Å². The number of carboxylic acid groups (broad SMARTS) is 4. The Hall–Kier alpha value is -2.98. The molecule has 2 aromatic rings. The first kappa shape index (κ1) is 19.3. The lowest BCUT2D eigenvalue weighted by Crippen LogP contribution is -2.10. The largest absolute Gasteiger partial charge is 0.478 e. The normalized spacial score (nSPS) is 10.3. The number of aromatic carboxylic acids is 4. The van der Waals surface area contributed by atoms with Gasteiger partial charge in [-0.2, -0.15) is 0 Å². The van der Waals surface area contributed by atoms with E-state index in [4.69, 9.17) is 10.2 Å². The van der Waals surface area contributed by atoms with E-state index < -0.39 is 46.1 Å². The third-order valence-electron chi connectivity index (χ3n) is 3.16. The van der Waals surface area contributed by atoms with Crippen LogP contribution in [0.4, 0.5) is 0 Å². The SMILES string of the molecule is O=C(O)c1cccc(SSc2cccc(C(=O)O)c2C(=O)O)c1C(=O)O. The molecule has 0 heterocycles. The topological polar surface area (TPSA) is 149 Å². The fourth-order valence-corrected chi connectivity index (χ4v) is 4.47. The van der Waals surface area contributed by atoms with Gasteiger partial charge in [-0.25, -0.2) is 19.2 Å². The second kappa shape index (κ2) is 7.93. The van der Waals surface area contributed by atoms with Gasteiger partial charge in [0.1, 0.15) is 0 Å². The van der Waals surface area contributed by atoms with Crippen LogP contribution in [0.3, 0.4) is 0 Å². The van der Waals surface area contributed by atoms with Gasteiger partial charge in [0.2, 0.25) is 0 Å². The first-order valence-corrected chi connectivity index (χ1v) is 8.92. The Morgan fingerprint density at radius 2 is 0.923 bits per heavy atom. The Balaban J connectivity index is 2.45. The van der Waals surface area contributed by atoms with Gasteiger partial charge < -0.3 is 20.4 Å². The first-order chi connectivity index (χ1) is 12.2. The van der Waals surface area contributed by atoms with Gasteiger partial charge in [0.15, 0.2) is 0 Å². The van der Waals surface area contributed by atoms with Gasteiger partial charge in [-0.3, -0.25) is 0 Å². The van der Waals surface area contributed by atoms with Crippen LogP contribution in [0.2, 0.25) is 0 Å². The molecule has 2 aromatic carbocycles. The summed E-state index contributed by atoms with van der Waals surface area (Å²) in [5.74, 6) is -5.70. The average Bonchev–Trinajstić information content (AvgIpc) is 2.58. The summed E-state index contributed by atoms with van der Waals surface area (Å²) in [7, 11) is 1.66. The molecule has 0 amide bonds. The summed E-state index contributed by atoms with van der Waals surface area (Å²) < 4.78 is 0. The van der Waals surface area contributed by atoms with Gasteiger partial charge in [-0.15, -0.1) is 0 Å². The molecule has 26 heavy (non-hydrogen) atoms. The maximum atomic E-state index is 11.4. The van der Waals surface area contributed by atoms with E-state index in [0.717, 1.165) is 33.7 Å². The molecule has 0 aliphatic carbocycles. The summed E-state index contributed by atoms with van der Waals surface area (Å²) in [6.45, 7) is 0. The Morgan fingerprint density at radius 1 is 0.577 bits per heavy atom. The Labute approximate surface area is 153 Å². The van der Waals surface area contributed by atoms with E-state index in [0.29, 0.717) is 0 Å². The second-order valence-electron chi connectivity index (χ2n) is 4.74. The Bertz CT molecular complexity index is 847. The smallest absolute Gasteiger partial charge is 0.337 e. The van der Waals surface area contributed by atoms with E-state index in [2.05, 4.69) is 0 Å². The molecule has 0 unspecified atom stereocenters.